The highest BCUT2D eigenvalue weighted by Crippen LogP contribution is 2.43. The van der Waals surface area contributed by atoms with Gasteiger partial charge in [0.1, 0.15) is 17.3 Å². The smallest absolute Gasteiger partial charge is 0.300 e. The number of benzene rings is 3. The van der Waals surface area contributed by atoms with Crippen molar-refractivity contribution in [2.24, 2.45) is 0 Å². The Balaban J connectivity index is 1.97. The summed E-state index contributed by atoms with van der Waals surface area (Å²) in [5.41, 5.74) is 2.34. The zero-order valence-electron chi connectivity index (χ0n) is 17.9. The van der Waals surface area contributed by atoms with Crippen molar-refractivity contribution in [3.8, 4) is 17.6 Å². The molecular weight excluding hydrogens is 420 g/mol. The van der Waals surface area contributed by atoms with Gasteiger partial charge in [-0.3, -0.25) is 14.5 Å². The van der Waals surface area contributed by atoms with E-state index in [-0.39, 0.29) is 17.1 Å². The summed E-state index contributed by atoms with van der Waals surface area (Å²) >= 11 is 0. The minimum Gasteiger partial charge on any atom is -0.508 e. The Labute approximate surface area is 190 Å². The number of methoxy groups -OCH3 is 1. The first kappa shape index (κ1) is 21.7. The summed E-state index contributed by atoms with van der Waals surface area (Å²) in [7, 11) is 1.45. The molecule has 2 N–H and O–H groups in total. The number of hydrogen-bond donors (Lipinski definition) is 2. The number of nitrogens with zero attached hydrogens (tertiary/aromatic N) is 2. The van der Waals surface area contributed by atoms with Gasteiger partial charge in [0.15, 0.2) is 0 Å². The number of aryl methyl sites for hydroxylation is 1. The Bertz CT molecular complexity index is 1320. The lowest BCUT2D eigenvalue weighted by atomic mass is 9.94. The lowest BCUT2D eigenvalue weighted by Crippen LogP contribution is -2.29. The first-order valence-corrected chi connectivity index (χ1v) is 10.1. The number of aliphatic hydroxyl groups excluding tert-OH is 1. The molecule has 1 fully saturated rings. The van der Waals surface area contributed by atoms with Crippen LogP contribution in [0.2, 0.25) is 0 Å². The van der Waals surface area contributed by atoms with Crippen LogP contribution in [-0.2, 0) is 9.59 Å². The Hall–Kier alpha value is -4.57. The fourth-order valence-corrected chi connectivity index (χ4v) is 3.92. The molecule has 1 heterocycles. The van der Waals surface area contributed by atoms with E-state index in [9.17, 15) is 19.8 Å². The van der Waals surface area contributed by atoms with E-state index in [1.54, 1.807) is 48.5 Å². The van der Waals surface area contributed by atoms with Crippen LogP contribution in [0.4, 0.5) is 5.69 Å². The largest absolute Gasteiger partial charge is 0.508 e. The van der Waals surface area contributed by atoms with Gasteiger partial charge < -0.3 is 14.9 Å². The number of carbonyl (C=O) groups is 2. The molecule has 0 saturated carbocycles. The number of aromatic hydroxyl groups is 1. The monoisotopic (exact) mass is 440 g/mol. The van der Waals surface area contributed by atoms with Crippen molar-refractivity contribution in [3.05, 3.63) is 94.6 Å². The molecule has 3 aromatic carbocycles. The average molecular weight is 440 g/mol. The molecule has 3 aromatic rings. The van der Waals surface area contributed by atoms with E-state index in [4.69, 9.17) is 10.00 Å². The van der Waals surface area contributed by atoms with Gasteiger partial charge >= 0.3 is 0 Å². The summed E-state index contributed by atoms with van der Waals surface area (Å²) in [6, 6.07) is 18.5. The Morgan fingerprint density at radius 3 is 2.30 bits per heavy atom. The first-order valence-electron chi connectivity index (χ1n) is 10.1. The van der Waals surface area contributed by atoms with E-state index in [1.165, 1.54) is 24.1 Å². The third-order valence-electron chi connectivity index (χ3n) is 5.54. The second kappa shape index (κ2) is 8.52. The number of ether oxygens (including phenoxy) is 1. The second-order valence-corrected chi connectivity index (χ2v) is 7.62. The van der Waals surface area contributed by atoms with E-state index in [0.29, 0.717) is 28.1 Å². The highest BCUT2D eigenvalue weighted by atomic mass is 16.5. The van der Waals surface area contributed by atoms with Gasteiger partial charge in [0.25, 0.3) is 11.7 Å². The highest BCUT2D eigenvalue weighted by Gasteiger charge is 2.47. The highest BCUT2D eigenvalue weighted by molar-refractivity contribution is 6.51. The maximum absolute atomic E-state index is 13.2. The lowest BCUT2D eigenvalue weighted by Gasteiger charge is -2.25. The molecule has 1 aliphatic rings. The molecule has 0 aromatic heterocycles. The fourth-order valence-electron chi connectivity index (χ4n) is 3.92. The van der Waals surface area contributed by atoms with E-state index in [2.05, 4.69) is 0 Å². The van der Waals surface area contributed by atoms with E-state index in [1.807, 2.05) is 19.1 Å². The number of ketones is 1. The standard InChI is InChI=1S/C26H20N2O5/c1-15-3-12-21(33-2)20(13-15)24(30)22-23(17-6-10-19(29)11-7-17)28(26(32)25(22)31)18-8-4-16(14-27)5-9-18/h3-13,23,29-30H,1-2H3/b24-22+. The molecule has 4 rings (SSSR count). The Kier molecular flexibility index (Phi) is 5.59. The Morgan fingerprint density at radius 2 is 1.70 bits per heavy atom. The summed E-state index contributed by atoms with van der Waals surface area (Å²) in [5.74, 6) is -1.64. The molecule has 0 spiro atoms. The first-order chi connectivity index (χ1) is 15.8. The van der Waals surface area contributed by atoms with Crippen molar-refractivity contribution >= 4 is 23.1 Å². The van der Waals surface area contributed by atoms with Crippen molar-refractivity contribution in [2.45, 2.75) is 13.0 Å². The van der Waals surface area contributed by atoms with Crippen LogP contribution in [0.1, 0.15) is 28.3 Å². The molecule has 1 aliphatic heterocycles. The number of nitriles is 1. The number of anilines is 1. The van der Waals surface area contributed by atoms with Crippen molar-refractivity contribution in [1.29, 1.82) is 5.26 Å². The van der Waals surface area contributed by atoms with Gasteiger partial charge in [-0.2, -0.15) is 5.26 Å². The second-order valence-electron chi connectivity index (χ2n) is 7.62. The number of hydrogen-bond acceptors (Lipinski definition) is 6. The minimum absolute atomic E-state index is 0.0226. The van der Waals surface area contributed by atoms with Crippen LogP contribution in [0.15, 0.2) is 72.3 Å². The average Bonchev–Trinajstić information content (AvgIpc) is 3.09. The number of phenolic OH excluding ortho intramolecular Hbond substituents is 1. The predicted molar refractivity (Wildman–Crippen MR) is 122 cm³/mol. The number of rotatable bonds is 4. The van der Waals surface area contributed by atoms with Crippen LogP contribution >= 0.6 is 0 Å². The van der Waals surface area contributed by atoms with Gasteiger partial charge in [0.05, 0.1) is 35.9 Å². The zero-order chi connectivity index (χ0) is 23.7. The van der Waals surface area contributed by atoms with Crippen LogP contribution < -0.4 is 9.64 Å². The van der Waals surface area contributed by atoms with Gasteiger partial charge in [0.2, 0.25) is 0 Å². The number of Topliss-reactive ketones (excluding diaryl/α,β-unsaturated/α-hetero) is 1. The molecule has 164 valence electrons. The Morgan fingerprint density at radius 1 is 1.03 bits per heavy atom. The molecule has 0 radical (unpaired) electrons. The van der Waals surface area contributed by atoms with Crippen molar-refractivity contribution in [3.63, 3.8) is 0 Å². The molecule has 7 nitrogen and oxygen atoms in total. The van der Waals surface area contributed by atoms with Gasteiger partial charge in [-0.05, 0) is 61.0 Å². The van der Waals surface area contributed by atoms with Crippen LogP contribution in [0.3, 0.4) is 0 Å². The summed E-state index contributed by atoms with van der Waals surface area (Å²) in [6.45, 7) is 1.84. The summed E-state index contributed by atoms with van der Waals surface area (Å²) in [5, 5.41) is 30.1. The summed E-state index contributed by atoms with van der Waals surface area (Å²) in [4.78, 5) is 27.7. The number of carbonyl (C=O) groups excluding carboxylic acids is 2. The van der Waals surface area contributed by atoms with Crippen LogP contribution in [0, 0.1) is 18.3 Å². The third kappa shape index (κ3) is 3.79. The fraction of sp³-hybridized carbons (Fsp3) is 0.115. The predicted octanol–water partition coefficient (Wildman–Crippen LogP) is 4.21. The lowest BCUT2D eigenvalue weighted by molar-refractivity contribution is -0.132. The van der Waals surface area contributed by atoms with Gasteiger partial charge in [-0.15, -0.1) is 0 Å². The van der Waals surface area contributed by atoms with Crippen LogP contribution in [-0.4, -0.2) is 29.0 Å². The number of amides is 1. The maximum atomic E-state index is 13.2. The topological polar surface area (TPSA) is 111 Å². The molecule has 0 aliphatic carbocycles. The SMILES string of the molecule is COc1ccc(C)cc1/C(O)=C1\C(=O)C(=O)N(c2ccc(C#N)cc2)C1c1ccc(O)cc1. The van der Waals surface area contributed by atoms with E-state index < -0.39 is 17.7 Å². The van der Waals surface area contributed by atoms with Crippen molar-refractivity contribution in [1.82, 2.24) is 0 Å². The molecule has 1 amide bonds. The van der Waals surface area contributed by atoms with Crippen LogP contribution in [0.25, 0.3) is 5.76 Å². The molecule has 1 unspecified atom stereocenters. The molecule has 0 bridgehead atoms. The molecule has 1 saturated heterocycles. The quantitative estimate of drug-likeness (QED) is 0.357. The van der Waals surface area contributed by atoms with Gasteiger partial charge in [-0.25, -0.2) is 0 Å². The molecule has 7 heteroatoms. The van der Waals surface area contributed by atoms with E-state index >= 15 is 0 Å². The van der Waals surface area contributed by atoms with Crippen LogP contribution in [0.5, 0.6) is 11.5 Å². The van der Waals surface area contributed by atoms with E-state index in [0.717, 1.165) is 5.56 Å². The molecule has 1 atom stereocenters. The van der Waals surface area contributed by atoms with Crippen molar-refractivity contribution < 1.29 is 24.5 Å². The van der Waals surface area contributed by atoms with Gasteiger partial charge in [0, 0.05) is 5.69 Å². The third-order valence-corrected chi connectivity index (χ3v) is 5.54. The molecule has 33 heavy (non-hydrogen) atoms. The minimum atomic E-state index is -0.955. The molecular formula is C26H20N2O5. The van der Waals surface area contributed by atoms with Crippen molar-refractivity contribution in [2.75, 3.05) is 12.0 Å². The number of aliphatic hydroxyl groups is 1. The summed E-state index contributed by atoms with van der Waals surface area (Å²) < 4.78 is 5.37. The maximum Gasteiger partial charge on any atom is 0.300 e. The zero-order valence-corrected chi connectivity index (χ0v) is 17.9. The van der Waals surface area contributed by atoms with Gasteiger partial charge in [-0.1, -0.05) is 23.8 Å². The normalized spacial score (nSPS) is 17.1. The number of phenols is 1. The summed E-state index contributed by atoms with van der Waals surface area (Å²) in [6.07, 6.45) is 0.